The van der Waals surface area contributed by atoms with E-state index in [2.05, 4.69) is 17.9 Å². The van der Waals surface area contributed by atoms with Crippen molar-refractivity contribution in [3.63, 3.8) is 0 Å². The molecule has 0 spiro atoms. The summed E-state index contributed by atoms with van der Waals surface area (Å²) in [5.74, 6) is 0. The minimum Gasteiger partial charge on any atom is -0.314 e. The van der Waals surface area contributed by atoms with Gasteiger partial charge in [0.05, 0.1) is 6.07 Å². The van der Waals surface area contributed by atoms with E-state index in [1.165, 1.54) is 51.6 Å². The molecular formula is C15H29N3. The van der Waals surface area contributed by atoms with Crippen molar-refractivity contribution < 1.29 is 0 Å². The molecule has 0 radical (unpaired) electrons. The second-order valence-electron chi connectivity index (χ2n) is 5.96. The van der Waals surface area contributed by atoms with E-state index < -0.39 is 5.54 Å². The fourth-order valence-electron chi connectivity index (χ4n) is 2.88. The number of hydrogen-bond donors (Lipinski definition) is 1. The molecule has 0 bridgehead atoms. The Morgan fingerprint density at radius 1 is 1.39 bits per heavy atom. The average molecular weight is 251 g/mol. The number of nitriles is 1. The summed E-state index contributed by atoms with van der Waals surface area (Å²) >= 11 is 0. The van der Waals surface area contributed by atoms with E-state index in [4.69, 9.17) is 11.0 Å². The van der Waals surface area contributed by atoms with Crippen LogP contribution in [0, 0.1) is 11.3 Å². The molecule has 2 unspecified atom stereocenters. The number of rotatable bonds is 7. The van der Waals surface area contributed by atoms with Gasteiger partial charge in [0, 0.05) is 6.04 Å². The molecule has 0 aliphatic carbocycles. The number of unbranched alkanes of at least 4 members (excludes halogenated alkanes) is 1. The SMILES string of the molecule is CCCC1CCCCN1CCCCC(C)(N)C#N. The van der Waals surface area contributed by atoms with Crippen LogP contribution in [0.1, 0.15) is 65.2 Å². The van der Waals surface area contributed by atoms with E-state index in [-0.39, 0.29) is 0 Å². The van der Waals surface area contributed by atoms with Gasteiger partial charge >= 0.3 is 0 Å². The van der Waals surface area contributed by atoms with Crippen molar-refractivity contribution in [2.45, 2.75) is 76.8 Å². The average Bonchev–Trinajstić information content (AvgIpc) is 2.37. The zero-order valence-electron chi connectivity index (χ0n) is 12.1. The first-order valence-corrected chi connectivity index (χ1v) is 7.53. The second-order valence-corrected chi connectivity index (χ2v) is 5.96. The number of hydrogen-bond acceptors (Lipinski definition) is 3. The third kappa shape index (κ3) is 5.37. The van der Waals surface area contributed by atoms with Gasteiger partial charge in [-0.2, -0.15) is 5.26 Å². The van der Waals surface area contributed by atoms with Gasteiger partial charge in [0.1, 0.15) is 5.54 Å². The van der Waals surface area contributed by atoms with Gasteiger partial charge < -0.3 is 10.6 Å². The van der Waals surface area contributed by atoms with Gasteiger partial charge in [-0.3, -0.25) is 0 Å². The molecule has 104 valence electrons. The maximum atomic E-state index is 8.87. The van der Waals surface area contributed by atoms with Crippen LogP contribution < -0.4 is 5.73 Å². The summed E-state index contributed by atoms with van der Waals surface area (Å²) in [5.41, 5.74) is 5.20. The quantitative estimate of drug-likeness (QED) is 0.708. The van der Waals surface area contributed by atoms with Crippen LogP contribution in [0.5, 0.6) is 0 Å². The maximum Gasteiger partial charge on any atom is 0.101 e. The molecule has 0 aromatic carbocycles. The summed E-state index contributed by atoms with van der Waals surface area (Å²) in [4.78, 5) is 2.66. The Kier molecular flexibility index (Phi) is 6.67. The molecule has 0 aromatic heterocycles. The van der Waals surface area contributed by atoms with E-state index in [1.807, 2.05) is 6.92 Å². The van der Waals surface area contributed by atoms with Crippen molar-refractivity contribution >= 4 is 0 Å². The lowest BCUT2D eigenvalue weighted by molar-refractivity contribution is 0.136. The molecule has 1 saturated heterocycles. The highest BCUT2D eigenvalue weighted by Gasteiger charge is 2.21. The lowest BCUT2D eigenvalue weighted by Crippen LogP contribution is -2.40. The predicted molar refractivity (Wildman–Crippen MR) is 76.2 cm³/mol. The van der Waals surface area contributed by atoms with Crippen molar-refractivity contribution in [2.24, 2.45) is 5.73 Å². The van der Waals surface area contributed by atoms with Crippen LogP contribution in [-0.2, 0) is 0 Å². The van der Waals surface area contributed by atoms with Gasteiger partial charge in [-0.15, -0.1) is 0 Å². The fraction of sp³-hybridized carbons (Fsp3) is 0.933. The first kappa shape index (κ1) is 15.5. The first-order valence-electron chi connectivity index (χ1n) is 7.53. The van der Waals surface area contributed by atoms with Gasteiger partial charge in [0.15, 0.2) is 0 Å². The lowest BCUT2D eigenvalue weighted by atomic mass is 9.96. The van der Waals surface area contributed by atoms with E-state index in [1.54, 1.807) is 0 Å². The molecule has 0 aromatic rings. The van der Waals surface area contributed by atoms with Gasteiger partial charge in [-0.25, -0.2) is 0 Å². The van der Waals surface area contributed by atoms with Crippen molar-refractivity contribution in [1.82, 2.24) is 4.90 Å². The summed E-state index contributed by atoms with van der Waals surface area (Å²) in [7, 11) is 0. The Hall–Kier alpha value is -0.590. The van der Waals surface area contributed by atoms with Crippen molar-refractivity contribution in [3.8, 4) is 6.07 Å². The Morgan fingerprint density at radius 3 is 2.83 bits per heavy atom. The number of likely N-dealkylation sites (tertiary alicyclic amines) is 1. The van der Waals surface area contributed by atoms with Crippen molar-refractivity contribution in [1.29, 1.82) is 5.26 Å². The van der Waals surface area contributed by atoms with Crippen LogP contribution in [0.4, 0.5) is 0 Å². The van der Waals surface area contributed by atoms with Crippen LogP contribution in [0.3, 0.4) is 0 Å². The minimum absolute atomic E-state index is 0.634. The van der Waals surface area contributed by atoms with Crippen LogP contribution in [-0.4, -0.2) is 29.6 Å². The Balaban J connectivity index is 2.22. The predicted octanol–water partition coefficient (Wildman–Crippen LogP) is 3.05. The smallest absolute Gasteiger partial charge is 0.101 e. The third-order valence-corrected chi connectivity index (χ3v) is 4.02. The van der Waals surface area contributed by atoms with Crippen molar-refractivity contribution in [2.75, 3.05) is 13.1 Å². The molecule has 1 aliphatic heterocycles. The van der Waals surface area contributed by atoms with Crippen LogP contribution >= 0.6 is 0 Å². The molecule has 3 heteroatoms. The van der Waals surface area contributed by atoms with Gasteiger partial charge in [0.25, 0.3) is 0 Å². The molecule has 1 heterocycles. The normalized spacial score (nSPS) is 24.4. The maximum absolute atomic E-state index is 8.87. The summed E-state index contributed by atoms with van der Waals surface area (Å²) < 4.78 is 0. The summed E-state index contributed by atoms with van der Waals surface area (Å²) in [5, 5.41) is 8.87. The lowest BCUT2D eigenvalue weighted by Gasteiger charge is -2.35. The van der Waals surface area contributed by atoms with Crippen LogP contribution in [0.2, 0.25) is 0 Å². The van der Waals surface area contributed by atoms with Gasteiger partial charge in [-0.05, 0) is 58.5 Å². The van der Waals surface area contributed by atoms with E-state index >= 15 is 0 Å². The van der Waals surface area contributed by atoms with Crippen LogP contribution in [0.15, 0.2) is 0 Å². The summed E-state index contributed by atoms with van der Waals surface area (Å²) in [6, 6.07) is 2.98. The highest BCUT2D eigenvalue weighted by Crippen LogP contribution is 2.21. The molecule has 18 heavy (non-hydrogen) atoms. The van der Waals surface area contributed by atoms with E-state index in [0.29, 0.717) is 0 Å². The fourth-order valence-corrected chi connectivity index (χ4v) is 2.88. The van der Waals surface area contributed by atoms with Crippen molar-refractivity contribution in [3.05, 3.63) is 0 Å². The monoisotopic (exact) mass is 251 g/mol. The first-order chi connectivity index (χ1) is 8.59. The molecule has 0 saturated carbocycles. The Bertz CT molecular complexity index is 265. The van der Waals surface area contributed by atoms with E-state index in [0.717, 1.165) is 18.9 Å². The molecule has 2 N–H and O–H groups in total. The largest absolute Gasteiger partial charge is 0.314 e. The number of piperidine rings is 1. The minimum atomic E-state index is -0.634. The Morgan fingerprint density at radius 2 is 2.17 bits per heavy atom. The zero-order valence-corrected chi connectivity index (χ0v) is 12.1. The Labute approximate surface area is 112 Å². The molecule has 1 rings (SSSR count). The highest BCUT2D eigenvalue weighted by atomic mass is 15.2. The molecule has 1 aliphatic rings. The number of nitrogens with zero attached hydrogens (tertiary/aromatic N) is 2. The van der Waals surface area contributed by atoms with Gasteiger partial charge in [-0.1, -0.05) is 19.8 Å². The topological polar surface area (TPSA) is 53.0 Å². The number of nitrogens with two attached hydrogens (primary N) is 1. The molecule has 2 atom stereocenters. The zero-order chi connectivity index (χ0) is 13.4. The second kappa shape index (κ2) is 7.76. The van der Waals surface area contributed by atoms with Crippen LogP contribution in [0.25, 0.3) is 0 Å². The van der Waals surface area contributed by atoms with Gasteiger partial charge in [0.2, 0.25) is 0 Å². The summed E-state index contributed by atoms with van der Waals surface area (Å²) in [6.45, 7) is 6.56. The third-order valence-electron chi connectivity index (χ3n) is 4.02. The summed E-state index contributed by atoms with van der Waals surface area (Å²) in [6.07, 6.45) is 9.81. The molecule has 1 fully saturated rings. The molecule has 0 amide bonds. The van der Waals surface area contributed by atoms with E-state index in [9.17, 15) is 0 Å². The standard InChI is InChI=1S/C15H29N3/c1-3-8-14-9-4-6-11-18(14)12-7-5-10-15(2,17)13-16/h14H,3-12,17H2,1-2H3. The molecule has 3 nitrogen and oxygen atoms in total. The molecular weight excluding hydrogens is 222 g/mol. The highest BCUT2D eigenvalue weighted by molar-refractivity contribution is 5.00.